The van der Waals surface area contributed by atoms with E-state index in [0.29, 0.717) is 28.7 Å². The van der Waals surface area contributed by atoms with Crippen LogP contribution in [0.2, 0.25) is 0 Å². The largest absolute Gasteiger partial charge is 0.355 e. The normalized spacial score (nSPS) is 10.9. The first-order valence-corrected chi connectivity index (χ1v) is 10.7. The van der Waals surface area contributed by atoms with Crippen molar-refractivity contribution in [1.82, 2.24) is 14.7 Å². The van der Waals surface area contributed by atoms with Gasteiger partial charge in [0, 0.05) is 40.6 Å². The van der Waals surface area contributed by atoms with Gasteiger partial charge in [0.25, 0.3) is 5.56 Å². The van der Waals surface area contributed by atoms with Gasteiger partial charge in [0.1, 0.15) is 0 Å². The maximum Gasteiger partial charge on any atom is 0.258 e. The highest BCUT2D eigenvalue weighted by Gasteiger charge is 2.06. The van der Waals surface area contributed by atoms with E-state index in [1.54, 1.807) is 18.0 Å². The molecule has 0 aliphatic rings. The van der Waals surface area contributed by atoms with Crippen molar-refractivity contribution in [3.8, 4) is 0 Å². The molecule has 5 nitrogen and oxygen atoms in total. The number of nitrogens with one attached hydrogen (secondary N) is 1. The Labute approximate surface area is 157 Å². The van der Waals surface area contributed by atoms with Gasteiger partial charge in [-0.25, -0.2) is 4.98 Å². The number of thiazole rings is 1. The van der Waals surface area contributed by atoms with E-state index in [1.807, 2.05) is 23.6 Å². The molecule has 0 spiro atoms. The summed E-state index contributed by atoms with van der Waals surface area (Å²) in [6, 6.07) is 11.6. The summed E-state index contributed by atoms with van der Waals surface area (Å²) in [6.07, 6.45) is 1.72. The predicted molar refractivity (Wildman–Crippen MR) is 106 cm³/mol. The highest BCUT2D eigenvalue weighted by molar-refractivity contribution is 7.99. The Balaban J connectivity index is 1.36. The maximum atomic E-state index is 11.9. The zero-order chi connectivity index (χ0) is 17.5. The monoisotopic (exact) mass is 391 g/mol. The topological polar surface area (TPSA) is 63.5 Å². The lowest BCUT2D eigenvalue weighted by Crippen LogP contribution is -2.27. The van der Waals surface area contributed by atoms with E-state index in [2.05, 4.69) is 22.4 Å². The number of amides is 1. The second-order valence-electron chi connectivity index (χ2n) is 5.15. The summed E-state index contributed by atoms with van der Waals surface area (Å²) in [6.45, 7) is 0.639. The first-order valence-electron chi connectivity index (χ1n) is 7.70. The number of hydrogen-bond acceptors (Lipinski definition) is 6. The van der Waals surface area contributed by atoms with Crippen LogP contribution in [0, 0.1) is 0 Å². The van der Waals surface area contributed by atoms with Gasteiger partial charge in [-0.05, 0) is 12.1 Å². The zero-order valence-corrected chi connectivity index (χ0v) is 15.8. The molecule has 0 unspecified atom stereocenters. The highest BCUT2D eigenvalue weighted by atomic mass is 32.2. The van der Waals surface area contributed by atoms with Crippen LogP contribution < -0.4 is 10.9 Å². The Bertz CT molecular complexity index is 893. The quantitative estimate of drug-likeness (QED) is 0.473. The average Bonchev–Trinajstić information content (AvgIpc) is 3.09. The number of fused-ring (bicyclic) bond motifs is 1. The zero-order valence-electron chi connectivity index (χ0n) is 13.4. The molecule has 0 bridgehead atoms. The van der Waals surface area contributed by atoms with Crippen LogP contribution in [0.3, 0.4) is 0 Å². The van der Waals surface area contributed by atoms with Gasteiger partial charge in [0.2, 0.25) is 5.91 Å². The van der Waals surface area contributed by atoms with Gasteiger partial charge in [-0.3, -0.25) is 14.0 Å². The summed E-state index contributed by atoms with van der Waals surface area (Å²) in [5.74, 6) is 1.76. The highest BCUT2D eigenvalue weighted by Crippen LogP contribution is 2.16. The molecular formula is C17H17N3O2S3. The van der Waals surface area contributed by atoms with Gasteiger partial charge in [-0.15, -0.1) is 34.9 Å². The van der Waals surface area contributed by atoms with Crippen LogP contribution >= 0.6 is 34.9 Å². The molecule has 1 N–H and O–H groups in total. The molecule has 0 fully saturated rings. The third-order valence-electron chi connectivity index (χ3n) is 3.28. The fourth-order valence-corrected chi connectivity index (χ4v) is 4.41. The second kappa shape index (κ2) is 9.07. The van der Waals surface area contributed by atoms with Crippen LogP contribution in [0.25, 0.3) is 4.96 Å². The Morgan fingerprint density at radius 1 is 1.28 bits per heavy atom. The minimum atomic E-state index is -0.0794. The fraction of sp³-hybridized carbons (Fsp3) is 0.235. The van der Waals surface area contributed by atoms with E-state index < -0.39 is 0 Å². The van der Waals surface area contributed by atoms with E-state index in [9.17, 15) is 9.59 Å². The molecule has 0 atom stereocenters. The molecule has 0 saturated carbocycles. The van der Waals surface area contributed by atoms with Crippen molar-refractivity contribution < 1.29 is 4.79 Å². The number of benzene rings is 1. The number of hydrogen-bond donors (Lipinski definition) is 1. The van der Waals surface area contributed by atoms with Crippen LogP contribution in [0.1, 0.15) is 5.69 Å². The molecule has 1 aromatic carbocycles. The standard InChI is InChI=1S/C17H17N3O2S3/c21-15(18-6-8-24-14-4-2-1-3-5-14)12-23-11-13-10-16(22)20-7-9-25-17(20)19-13/h1-5,7,9-10H,6,8,11-12H2,(H,18,21). The number of carbonyl (C=O) groups excluding carboxylic acids is 1. The fourth-order valence-electron chi connectivity index (χ4n) is 2.14. The van der Waals surface area contributed by atoms with Crippen molar-refractivity contribution in [2.75, 3.05) is 18.1 Å². The van der Waals surface area contributed by atoms with Gasteiger partial charge in [0.05, 0.1) is 11.4 Å². The molecule has 130 valence electrons. The molecular weight excluding hydrogens is 374 g/mol. The molecule has 3 rings (SSSR count). The Morgan fingerprint density at radius 2 is 2.12 bits per heavy atom. The summed E-state index contributed by atoms with van der Waals surface area (Å²) in [7, 11) is 0. The van der Waals surface area contributed by atoms with Gasteiger partial charge in [-0.1, -0.05) is 18.2 Å². The summed E-state index contributed by atoms with van der Waals surface area (Å²) in [5, 5.41) is 4.75. The second-order valence-corrected chi connectivity index (χ2v) is 8.17. The molecule has 2 heterocycles. The Hall–Kier alpha value is -1.77. The number of nitrogens with zero attached hydrogens (tertiary/aromatic N) is 2. The molecule has 0 radical (unpaired) electrons. The molecule has 25 heavy (non-hydrogen) atoms. The molecule has 1 amide bonds. The molecule has 0 aliphatic heterocycles. The SMILES string of the molecule is O=C(CSCc1cc(=O)n2ccsc2n1)NCCSc1ccccc1. The first kappa shape index (κ1) is 18.0. The van der Waals surface area contributed by atoms with Crippen molar-refractivity contribution >= 4 is 45.7 Å². The van der Waals surface area contributed by atoms with Crippen LogP contribution in [0.15, 0.2) is 57.7 Å². The van der Waals surface area contributed by atoms with Crippen LogP contribution in [0.5, 0.6) is 0 Å². The van der Waals surface area contributed by atoms with Gasteiger partial charge in [-0.2, -0.15) is 0 Å². The Morgan fingerprint density at radius 3 is 2.96 bits per heavy atom. The van der Waals surface area contributed by atoms with Gasteiger partial charge < -0.3 is 5.32 Å². The van der Waals surface area contributed by atoms with Crippen LogP contribution in [0.4, 0.5) is 0 Å². The van der Waals surface area contributed by atoms with E-state index in [0.717, 1.165) is 5.75 Å². The third-order valence-corrected chi connectivity index (χ3v) is 6.01. The van der Waals surface area contributed by atoms with E-state index in [1.165, 1.54) is 38.5 Å². The van der Waals surface area contributed by atoms with Crippen molar-refractivity contribution in [3.63, 3.8) is 0 Å². The molecule has 8 heteroatoms. The maximum absolute atomic E-state index is 11.9. The average molecular weight is 392 g/mol. The third kappa shape index (κ3) is 5.35. The summed E-state index contributed by atoms with van der Waals surface area (Å²) < 4.78 is 1.52. The van der Waals surface area contributed by atoms with Crippen molar-refractivity contribution in [2.24, 2.45) is 0 Å². The van der Waals surface area contributed by atoms with Crippen molar-refractivity contribution in [1.29, 1.82) is 0 Å². The summed E-state index contributed by atoms with van der Waals surface area (Å²) in [5.41, 5.74) is 0.633. The molecule has 3 aromatic rings. The number of rotatable bonds is 8. The van der Waals surface area contributed by atoms with Crippen LogP contribution in [-0.2, 0) is 10.5 Å². The molecule has 0 saturated heterocycles. The minimum absolute atomic E-state index is 0.00702. The summed E-state index contributed by atoms with van der Waals surface area (Å²) >= 11 is 4.61. The molecule has 2 aromatic heterocycles. The Kier molecular flexibility index (Phi) is 6.55. The smallest absolute Gasteiger partial charge is 0.258 e. The lowest BCUT2D eigenvalue weighted by molar-refractivity contribution is -0.118. The van der Waals surface area contributed by atoms with Gasteiger partial charge in [0.15, 0.2) is 4.96 Å². The van der Waals surface area contributed by atoms with E-state index in [4.69, 9.17) is 0 Å². The number of aromatic nitrogens is 2. The lowest BCUT2D eigenvalue weighted by Gasteiger charge is -2.05. The predicted octanol–water partition coefficient (Wildman–Crippen LogP) is 2.90. The van der Waals surface area contributed by atoms with Crippen molar-refractivity contribution in [2.45, 2.75) is 10.6 Å². The van der Waals surface area contributed by atoms with Gasteiger partial charge >= 0.3 is 0 Å². The molecule has 0 aliphatic carbocycles. The number of carbonyl (C=O) groups is 1. The van der Waals surface area contributed by atoms with Crippen molar-refractivity contribution in [3.05, 3.63) is 64.0 Å². The minimum Gasteiger partial charge on any atom is -0.355 e. The van der Waals surface area contributed by atoms with E-state index >= 15 is 0 Å². The van der Waals surface area contributed by atoms with E-state index in [-0.39, 0.29) is 11.5 Å². The van der Waals surface area contributed by atoms with Crippen LogP contribution in [-0.4, -0.2) is 33.3 Å². The number of thioether (sulfide) groups is 2. The first-order chi connectivity index (χ1) is 12.2. The summed E-state index contributed by atoms with van der Waals surface area (Å²) in [4.78, 5) is 30.1. The lowest BCUT2D eigenvalue weighted by atomic mass is 10.4.